The van der Waals surface area contributed by atoms with Crippen LogP contribution in [0.2, 0.25) is 0 Å². The summed E-state index contributed by atoms with van der Waals surface area (Å²) in [5, 5.41) is 13.0. The van der Waals surface area contributed by atoms with Crippen molar-refractivity contribution in [3.05, 3.63) is 71.8 Å². The normalized spacial score (nSPS) is 17.3. The average Bonchev–Trinajstić information content (AvgIpc) is 2.92. The van der Waals surface area contributed by atoms with Crippen LogP contribution in [0.4, 0.5) is 9.59 Å². The monoisotopic (exact) mass is 540 g/mol. The molecule has 1 heterocycles. The predicted octanol–water partition coefficient (Wildman–Crippen LogP) is 2.09. The molecule has 12 heteroatoms. The first kappa shape index (κ1) is 29.1. The Balaban J connectivity index is 1.65. The van der Waals surface area contributed by atoms with Crippen LogP contribution in [0.3, 0.4) is 0 Å². The second-order valence-corrected chi connectivity index (χ2v) is 8.95. The molecule has 0 radical (unpaired) electrons. The maximum absolute atomic E-state index is 13.5. The maximum atomic E-state index is 13.5. The van der Waals surface area contributed by atoms with Crippen LogP contribution in [0.1, 0.15) is 30.9 Å². The number of nitrogens with zero attached hydrogens (tertiary/aromatic N) is 2. The zero-order valence-corrected chi connectivity index (χ0v) is 21.6. The van der Waals surface area contributed by atoms with Crippen LogP contribution in [-0.4, -0.2) is 76.6 Å². The van der Waals surface area contributed by atoms with E-state index in [4.69, 9.17) is 9.47 Å². The summed E-state index contributed by atoms with van der Waals surface area (Å²) in [5.74, 6) is -2.57. The van der Waals surface area contributed by atoms with Crippen LogP contribution < -0.4 is 10.7 Å². The van der Waals surface area contributed by atoms with Crippen molar-refractivity contribution in [2.75, 3.05) is 26.2 Å². The molecular weight excluding hydrogens is 508 g/mol. The van der Waals surface area contributed by atoms with Crippen LogP contribution in [-0.2, 0) is 37.1 Å². The number of ketones is 1. The molecule has 12 nitrogen and oxygen atoms in total. The zero-order chi connectivity index (χ0) is 28.3. The van der Waals surface area contributed by atoms with Crippen LogP contribution in [0, 0.1) is 0 Å². The second-order valence-electron chi connectivity index (χ2n) is 8.95. The van der Waals surface area contributed by atoms with Gasteiger partial charge in [0.05, 0.1) is 0 Å². The second kappa shape index (κ2) is 13.9. The molecule has 2 aromatic rings. The molecule has 3 amide bonds. The molecule has 3 rings (SSSR count). The molecule has 1 saturated heterocycles. The highest BCUT2D eigenvalue weighted by Gasteiger charge is 2.54. The van der Waals surface area contributed by atoms with Crippen LogP contribution in [0.15, 0.2) is 60.7 Å². The molecule has 1 fully saturated rings. The topological polar surface area (TPSA) is 155 Å². The Morgan fingerprint density at radius 1 is 0.897 bits per heavy atom. The van der Waals surface area contributed by atoms with Gasteiger partial charge in [0, 0.05) is 19.6 Å². The Bertz CT molecular complexity index is 1160. The number of carboxylic acid groups (broad SMARTS) is 1. The van der Waals surface area contributed by atoms with Gasteiger partial charge in [-0.15, -0.1) is 0 Å². The average molecular weight is 541 g/mol. The number of carboxylic acids is 1. The number of hydrogen-bond acceptors (Lipinski definition) is 8. The van der Waals surface area contributed by atoms with Gasteiger partial charge < -0.3 is 24.8 Å². The molecular formula is C27H32N4O8. The molecule has 0 spiro atoms. The van der Waals surface area contributed by atoms with Gasteiger partial charge >= 0.3 is 18.2 Å². The minimum absolute atomic E-state index is 0.00835. The number of Topliss-reactive ketones (excluding diaryl/α,β-unsaturated/α-hetero) is 1. The Labute approximate surface area is 225 Å². The minimum atomic E-state index is -1.88. The van der Waals surface area contributed by atoms with E-state index in [1.165, 1.54) is 11.9 Å². The lowest BCUT2D eigenvalue weighted by Gasteiger charge is -2.47. The lowest BCUT2D eigenvalue weighted by atomic mass is 9.84. The Morgan fingerprint density at radius 2 is 1.46 bits per heavy atom. The molecule has 0 bridgehead atoms. The highest BCUT2D eigenvalue weighted by atomic mass is 16.6. The molecule has 208 valence electrons. The lowest BCUT2D eigenvalue weighted by molar-refractivity contribution is -0.165. The van der Waals surface area contributed by atoms with Crippen LogP contribution in [0.25, 0.3) is 0 Å². The number of rotatable bonds is 12. The smallest absolute Gasteiger partial charge is 0.422 e. The number of amides is 3. The SMILES string of the molecule is CC(=O)[C@@]1(CCCNC(=O)OCc2ccccc2)C(=O)N(CC(=O)O)CCN1NC(=O)OCc1ccccc1. The van der Waals surface area contributed by atoms with Crippen molar-refractivity contribution in [2.45, 2.75) is 38.5 Å². The van der Waals surface area contributed by atoms with Gasteiger partial charge in [-0.05, 0) is 30.9 Å². The van der Waals surface area contributed by atoms with Crippen molar-refractivity contribution < 1.29 is 38.6 Å². The van der Waals surface area contributed by atoms with Gasteiger partial charge in [0.25, 0.3) is 5.91 Å². The van der Waals surface area contributed by atoms with Gasteiger partial charge in [0.1, 0.15) is 19.8 Å². The molecule has 39 heavy (non-hydrogen) atoms. The van der Waals surface area contributed by atoms with Gasteiger partial charge in [0.2, 0.25) is 0 Å². The van der Waals surface area contributed by atoms with Crippen molar-refractivity contribution in [2.24, 2.45) is 0 Å². The number of benzene rings is 2. The quantitative estimate of drug-likeness (QED) is 0.271. The van der Waals surface area contributed by atoms with E-state index in [-0.39, 0.29) is 45.7 Å². The number of piperazine rings is 1. The van der Waals surface area contributed by atoms with E-state index in [9.17, 15) is 29.1 Å². The van der Waals surface area contributed by atoms with E-state index >= 15 is 0 Å². The van der Waals surface area contributed by atoms with E-state index < -0.39 is 41.9 Å². The first-order valence-electron chi connectivity index (χ1n) is 12.4. The Morgan fingerprint density at radius 3 is 2.00 bits per heavy atom. The van der Waals surface area contributed by atoms with E-state index in [1.54, 1.807) is 24.3 Å². The van der Waals surface area contributed by atoms with Crippen LogP contribution >= 0.6 is 0 Å². The van der Waals surface area contributed by atoms with E-state index in [1.807, 2.05) is 36.4 Å². The highest BCUT2D eigenvalue weighted by molar-refractivity contribution is 6.10. The van der Waals surface area contributed by atoms with Gasteiger partial charge in [0.15, 0.2) is 11.3 Å². The molecule has 1 atom stereocenters. The Hall–Kier alpha value is -4.45. The Kier molecular flexibility index (Phi) is 10.4. The summed E-state index contributed by atoms with van der Waals surface area (Å²) in [5.41, 5.74) is 2.18. The molecule has 1 aliphatic heterocycles. The number of alkyl carbamates (subject to hydrolysis) is 1. The summed E-state index contributed by atoms with van der Waals surface area (Å²) in [4.78, 5) is 63.5. The van der Waals surface area contributed by atoms with Gasteiger partial charge in [-0.3, -0.25) is 19.8 Å². The fourth-order valence-electron chi connectivity index (χ4n) is 4.29. The van der Waals surface area contributed by atoms with Gasteiger partial charge in [-0.1, -0.05) is 60.7 Å². The van der Waals surface area contributed by atoms with Crippen molar-refractivity contribution in [3.63, 3.8) is 0 Å². The fourth-order valence-corrected chi connectivity index (χ4v) is 4.29. The maximum Gasteiger partial charge on any atom is 0.422 e. The standard InChI is InChI=1S/C27H32N4O8/c1-20(32)27(13-8-14-28-25(36)38-18-21-9-4-2-5-10-21)24(35)30(17-23(33)34)15-16-31(27)29-26(37)39-19-22-11-6-3-7-12-22/h2-7,9-12H,8,13-19H2,1H3,(H,28,36)(H,29,37)(H,33,34)/t27-/m0/s1. The number of nitrogens with one attached hydrogen (secondary N) is 2. The lowest BCUT2D eigenvalue weighted by Crippen LogP contribution is -2.73. The summed E-state index contributed by atoms with van der Waals surface area (Å²) in [6.07, 6.45) is -1.48. The molecule has 0 saturated carbocycles. The van der Waals surface area contributed by atoms with Gasteiger partial charge in [-0.25, -0.2) is 9.59 Å². The fraction of sp³-hybridized carbons (Fsp3) is 0.370. The first-order chi connectivity index (χ1) is 18.7. The molecule has 1 aliphatic rings. The summed E-state index contributed by atoms with van der Waals surface area (Å²) in [6.45, 7) is 0.699. The number of carbonyl (C=O) groups excluding carboxylic acids is 4. The summed E-state index contributed by atoms with van der Waals surface area (Å²) >= 11 is 0. The first-order valence-corrected chi connectivity index (χ1v) is 12.4. The summed E-state index contributed by atoms with van der Waals surface area (Å²) in [7, 11) is 0. The van der Waals surface area contributed by atoms with Crippen molar-refractivity contribution >= 4 is 29.8 Å². The number of hydrazine groups is 1. The molecule has 3 N–H and O–H groups in total. The van der Waals surface area contributed by atoms with Crippen LogP contribution in [0.5, 0.6) is 0 Å². The molecule has 2 aromatic carbocycles. The van der Waals surface area contributed by atoms with Gasteiger partial charge in [-0.2, -0.15) is 5.01 Å². The van der Waals surface area contributed by atoms with E-state index in [0.717, 1.165) is 16.0 Å². The number of hydrogen-bond donors (Lipinski definition) is 3. The van der Waals surface area contributed by atoms with Crippen molar-refractivity contribution in [1.29, 1.82) is 0 Å². The van der Waals surface area contributed by atoms with E-state index in [2.05, 4.69) is 10.7 Å². The zero-order valence-electron chi connectivity index (χ0n) is 21.6. The minimum Gasteiger partial charge on any atom is -0.480 e. The van der Waals surface area contributed by atoms with Crippen molar-refractivity contribution in [1.82, 2.24) is 20.7 Å². The molecule has 0 aromatic heterocycles. The third-order valence-corrected chi connectivity index (χ3v) is 6.24. The number of ether oxygens (including phenoxy) is 2. The number of aliphatic carboxylic acids is 1. The largest absolute Gasteiger partial charge is 0.480 e. The number of carbonyl (C=O) groups is 5. The summed E-state index contributed by atoms with van der Waals surface area (Å²) < 4.78 is 10.4. The third kappa shape index (κ3) is 8.01. The predicted molar refractivity (Wildman–Crippen MR) is 138 cm³/mol. The highest BCUT2D eigenvalue weighted by Crippen LogP contribution is 2.28. The third-order valence-electron chi connectivity index (χ3n) is 6.24. The molecule has 0 unspecified atom stereocenters. The summed E-state index contributed by atoms with van der Waals surface area (Å²) in [6, 6.07) is 18.1. The van der Waals surface area contributed by atoms with Crippen molar-refractivity contribution in [3.8, 4) is 0 Å². The molecule has 0 aliphatic carbocycles. The van der Waals surface area contributed by atoms with E-state index in [0.29, 0.717) is 0 Å².